The van der Waals surface area contributed by atoms with Crippen LogP contribution in [0, 0.1) is 6.92 Å². The summed E-state index contributed by atoms with van der Waals surface area (Å²) in [5.74, 6) is 1.15. The second-order valence-electron chi connectivity index (χ2n) is 6.79. The van der Waals surface area contributed by atoms with Crippen LogP contribution >= 0.6 is 24.0 Å². The van der Waals surface area contributed by atoms with E-state index in [1.165, 1.54) is 12.0 Å². The van der Waals surface area contributed by atoms with Crippen molar-refractivity contribution >= 4 is 35.8 Å². The maximum atomic E-state index is 12.0. The van der Waals surface area contributed by atoms with E-state index >= 15 is 0 Å². The van der Waals surface area contributed by atoms with Crippen LogP contribution in [-0.4, -0.2) is 54.5 Å². The van der Waals surface area contributed by atoms with Crippen LogP contribution < -0.4 is 10.6 Å². The summed E-state index contributed by atoms with van der Waals surface area (Å²) in [6.45, 7) is 8.17. The van der Waals surface area contributed by atoms with Gasteiger partial charge in [-0.25, -0.2) is 0 Å². The molecule has 1 aromatic heterocycles. The molecule has 7 heteroatoms. The first-order valence-corrected chi connectivity index (χ1v) is 9.90. The van der Waals surface area contributed by atoms with Crippen molar-refractivity contribution in [2.75, 3.05) is 32.7 Å². The highest BCUT2D eigenvalue weighted by Crippen LogP contribution is 2.11. The second kappa shape index (κ2) is 13.7. The van der Waals surface area contributed by atoms with Crippen LogP contribution in [0.2, 0.25) is 0 Å². The summed E-state index contributed by atoms with van der Waals surface area (Å²) in [7, 11) is 0. The normalized spacial score (nSPS) is 15.1. The summed E-state index contributed by atoms with van der Waals surface area (Å²) in [6, 6.07) is 4.16. The van der Waals surface area contributed by atoms with E-state index in [-0.39, 0.29) is 24.0 Å². The van der Waals surface area contributed by atoms with Crippen molar-refractivity contribution in [2.45, 2.75) is 52.4 Å². The molecule has 1 amide bonds. The molecule has 1 saturated heterocycles. The Kier molecular flexibility index (Phi) is 12.0. The zero-order valence-electron chi connectivity index (χ0n) is 16.7. The summed E-state index contributed by atoms with van der Waals surface area (Å²) in [5.41, 5.74) is 2.26. The zero-order valence-corrected chi connectivity index (χ0v) is 19.0. The summed E-state index contributed by atoms with van der Waals surface area (Å²) in [4.78, 5) is 23.0. The summed E-state index contributed by atoms with van der Waals surface area (Å²) >= 11 is 0. The van der Waals surface area contributed by atoms with Gasteiger partial charge in [-0.15, -0.1) is 24.0 Å². The predicted molar refractivity (Wildman–Crippen MR) is 122 cm³/mol. The molecule has 1 aliphatic heterocycles. The number of hydrogen-bond donors (Lipinski definition) is 2. The third kappa shape index (κ3) is 9.39. The van der Waals surface area contributed by atoms with Gasteiger partial charge in [-0.3, -0.25) is 14.8 Å². The minimum Gasteiger partial charge on any atom is -0.357 e. The molecule has 1 aliphatic rings. The van der Waals surface area contributed by atoms with E-state index in [4.69, 9.17) is 0 Å². The molecule has 0 radical (unpaired) electrons. The third-order valence-corrected chi connectivity index (χ3v) is 4.55. The molecular formula is C20H34IN5O. The van der Waals surface area contributed by atoms with E-state index < -0.39 is 0 Å². The molecule has 152 valence electrons. The van der Waals surface area contributed by atoms with Crippen LogP contribution in [0.4, 0.5) is 0 Å². The average Bonchev–Trinajstić information content (AvgIpc) is 2.84. The van der Waals surface area contributed by atoms with Crippen molar-refractivity contribution in [3.05, 3.63) is 29.6 Å². The number of aromatic nitrogens is 1. The maximum Gasteiger partial charge on any atom is 0.222 e. The number of carbonyl (C=O) groups excluding carboxylic acids is 1. The molecular weight excluding hydrogens is 453 g/mol. The lowest BCUT2D eigenvalue weighted by molar-refractivity contribution is -0.130. The fourth-order valence-corrected chi connectivity index (χ4v) is 3.04. The van der Waals surface area contributed by atoms with Gasteiger partial charge in [0.1, 0.15) is 0 Å². The van der Waals surface area contributed by atoms with Crippen molar-refractivity contribution < 1.29 is 4.79 Å². The number of amides is 1. The molecule has 1 fully saturated rings. The molecule has 0 aliphatic carbocycles. The first-order chi connectivity index (χ1) is 12.7. The SMILES string of the molecule is CCNC(=NCCCN1CCCCCC1=O)NCCc1ccc(C)nc1.I. The molecule has 2 heterocycles. The van der Waals surface area contributed by atoms with Crippen LogP contribution in [0.5, 0.6) is 0 Å². The molecule has 2 rings (SSSR count). The van der Waals surface area contributed by atoms with Gasteiger partial charge < -0.3 is 15.5 Å². The standard InChI is InChI=1S/C20H33N5O.HI/c1-3-21-20(23-13-11-18-10-9-17(2)24-16-18)22-12-7-15-25-14-6-4-5-8-19(25)26;/h9-10,16H,3-8,11-15H2,1-2H3,(H2,21,22,23);1H. The Morgan fingerprint density at radius 2 is 2.11 bits per heavy atom. The average molecular weight is 487 g/mol. The molecule has 0 bridgehead atoms. The van der Waals surface area contributed by atoms with Crippen LogP contribution in [0.15, 0.2) is 23.3 Å². The molecule has 0 unspecified atom stereocenters. The van der Waals surface area contributed by atoms with Crippen molar-refractivity contribution in [1.82, 2.24) is 20.5 Å². The van der Waals surface area contributed by atoms with Crippen LogP contribution in [0.3, 0.4) is 0 Å². The Balaban J connectivity index is 0.00000364. The lowest BCUT2D eigenvalue weighted by Gasteiger charge is -2.20. The number of halogens is 1. The second-order valence-corrected chi connectivity index (χ2v) is 6.79. The number of nitrogens with zero attached hydrogens (tertiary/aromatic N) is 3. The monoisotopic (exact) mass is 487 g/mol. The fourth-order valence-electron chi connectivity index (χ4n) is 3.04. The van der Waals surface area contributed by atoms with E-state index in [0.717, 1.165) is 70.1 Å². The number of hydrogen-bond acceptors (Lipinski definition) is 3. The molecule has 0 atom stereocenters. The highest BCUT2D eigenvalue weighted by atomic mass is 127. The molecule has 0 spiro atoms. The van der Waals surface area contributed by atoms with Gasteiger partial charge in [0.05, 0.1) is 0 Å². The number of aliphatic imine (C=N–C) groups is 1. The minimum absolute atomic E-state index is 0. The van der Waals surface area contributed by atoms with Gasteiger partial charge in [0, 0.05) is 51.0 Å². The van der Waals surface area contributed by atoms with E-state index in [1.54, 1.807) is 0 Å². The Hall–Kier alpha value is -1.38. The zero-order chi connectivity index (χ0) is 18.6. The summed E-state index contributed by atoms with van der Waals surface area (Å²) < 4.78 is 0. The summed E-state index contributed by atoms with van der Waals surface area (Å²) in [5, 5.41) is 6.65. The van der Waals surface area contributed by atoms with Gasteiger partial charge in [-0.1, -0.05) is 12.5 Å². The van der Waals surface area contributed by atoms with Gasteiger partial charge >= 0.3 is 0 Å². The third-order valence-electron chi connectivity index (χ3n) is 4.55. The van der Waals surface area contributed by atoms with Crippen LogP contribution in [0.25, 0.3) is 0 Å². The van der Waals surface area contributed by atoms with Gasteiger partial charge in [0.25, 0.3) is 0 Å². The fraction of sp³-hybridized carbons (Fsp3) is 0.650. The first-order valence-electron chi connectivity index (χ1n) is 9.90. The number of pyridine rings is 1. The van der Waals surface area contributed by atoms with Gasteiger partial charge in [0.15, 0.2) is 5.96 Å². The molecule has 27 heavy (non-hydrogen) atoms. The number of rotatable bonds is 8. The molecule has 2 N–H and O–H groups in total. The Morgan fingerprint density at radius 1 is 1.26 bits per heavy atom. The van der Waals surface area contributed by atoms with E-state index in [2.05, 4.69) is 33.6 Å². The minimum atomic E-state index is 0. The molecule has 1 aromatic rings. The topological polar surface area (TPSA) is 69.6 Å². The number of nitrogens with one attached hydrogen (secondary N) is 2. The Morgan fingerprint density at radius 3 is 2.85 bits per heavy atom. The van der Waals surface area contributed by atoms with Crippen molar-refractivity contribution in [2.24, 2.45) is 4.99 Å². The molecule has 0 saturated carbocycles. The maximum absolute atomic E-state index is 12.0. The Bertz CT molecular complexity index is 576. The summed E-state index contributed by atoms with van der Waals surface area (Å²) in [6.07, 6.45) is 7.81. The largest absolute Gasteiger partial charge is 0.357 e. The lowest BCUT2D eigenvalue weighted by Crippen LogP contribution is -2.38. The smallest absolute Gasteiger partial charge is 0.222 e. The predicted octanol–water partition coefficient (Wildman–Crippen LogP) is 2.90. The van der Waals surface area contributed by atoms with Gasteiger partial charge in [-0.05, 0) is 51.2 Å². The highest BCUT2D eigenvalue weighted by molar-refractivity contribution is 14.0. The highest BCUT2D eigenvalue weighted by Gasteiger charge is 2.15. The molecule has 6 nitrogen and oxygen atoms in total. The number of guanidine groups is 1. The molecule has 0 aromatic carbocycles. The van der Waals surface area contributed by atoms with Crippen LogP contribution in [0.1, 0.15) is 50.3 Å². The van der Waals surface area contributed by atoms with Gasteiger partial charge in [0.2, 0.25) is 5.91 Å². The number of aryl methyl sites for hydroxylation is 1. The van der Waals surface area contributed by atoms with Crippen LogP contribution in [-0.2, 0) is 11.2 Å². The van der Waals surface area contributed by atoms with Gasteiger partial charge in [-0.2, -0.15) is 0 Å². The van der Waals surface area contributed by atoms with Crippen molar-refractivity contribution in [3.8, 4) is 0 Å². The number of likely N-dealkylation sites (tertiary alicyclic amines) is 1. The first kappa shape index (κ1) is 23.7. The van der Waals surface area contributed by atoms with Crippen molar-refractivity contribution in [3.63, 3.8) is 0 Å². The van der Waals surface area contributed by atoms with Crippen molar-refractivity contribution in [1.29, 1.82) is 0 Å². The Labute approximate surface area is 180 Å². The van der Waals surface area contributed by atoms with E-state index in [9.17, 15) is 4.79 Å². The van der Waals surface area contributed by atoms with E-state index in [0.29, 0.717) is 12.3 Å². The number of carbonyl (C=O) groups is 1. The lowest BCUT2D eigenvalue weighted by atomic mass is 10.2. The quantitative estimate of drug-likeness (QED) is 0.256. The van der Waals surface area contributed by atoms with E-state index in [1.807, 2.05) is 24.1 Å².